The van der Waals surface area contributed by atoms with Crippen molar-refractivity contribution in [1.82, 2.24) is 9.80 Å². The summed E-state index contributed by atoms with van der Waals surface area (Å²) in [6.45, 7) is 5.27. The predicted molar refractivity (Wildman–Crippen MR) is 97.6 cm³/mol. The van der Waals surface area contributed by atoms with E-state index < -0.39 is 0 Å². The lowest BCUT2D eigenvalue weighted by atomic mass is 9.93. The molecule has 0 aromatic heterocycles. The molecule has 134 valence electrons. The van der Waals surface area contributed by atoms with Gasteiger partial charge in [0.15, 0.2) is 0 Å². The van der Waals surface area contributed by atoms with E-state index in [1.165, 1.54) is 0 Å². The summed E-state index contributed by atoms with van der Waals surface area (Å²) >= 11 is 1.68. The Bertz CT molecular complexity index is 428. The number of thioether (sulfide) groups is 1. The maximum atomic E-state index is 12.7. The Kier molecular flexibility index (Phi) is 7.68. The van der Waals surface area contributed by atoms with Crippen molar-refractivity contribution in [3.05, 3.63) is 0 Å². The van der Waals surface area contributed by atoms with Crippen molar-refractivity contribution in [2.75, 3.05) is 31.8 Å². The molecule has 1 heterocycles. The fourth-order valence-corrected chi connectivity index (χ4v) is 4.47. The summed E-state index contributed by atoms with van der Waals surface area (Å²) in [6, 6.07) is -0.295. The molecule has 0 spiro atoms. The van der Waals surface area contributed by atoms with Gasteiger partial charge in [0.2, 0.25) is 11.8 Å². The first-order valence-corrected chi connectivity index (χ1v) is 9.34. The van der Waals surface area contributed by atoms with Crippen molar-refractivity contribution in [2.24, 2.45) is 17.1 Å². The number of carbonyl (C=O) groups excluding carboxylic acids is 2. The van der Waals surface area contributed by atoms with Crippen LogP contribution in [0.3, 0.4) is 0 Å². The first-order chi connectivity index (χ1) is 10.4. The summed E-state index contributed by atoms with van der Waals surface area (Å²) in [6.07, 6.45) is 4.25. The molecule has 1 aliphatic carbocycles. The van der Waals surface area contributed by atoms with Crippen LogP contribution in [0, 0.1) is 11.3 Å². The van der Waals surface area contributed by atoms with Gasteiger partial charge in [-0.25, -0.2) is 0 Å². The van der Waals surface area contributed by atoms with E-state index in [1.54, 1.807) is 16.7 Å². The third-order valence-corrected chi connectivity index (χ3v) is 5.76. The monoisotopic (exact) mass is 363 g/mol. The van der Waals surface area contributed by atoms with Gasteiger partial charge in [0.05, 0.1) is 5.88 Å². The second-order valence-electron chi connectivity index (χ2n) is 7.37. The van der Waals surface area contributed by atoms with Crippen LogP contribution in [0.25, 0.3) is 0 Å². The van der Waals surface area contributed by atoms with Gasteiger partial charge in [-0.05, 0) is 24.8 Å². The first kappa shape index (κ1) is 20.6. The van der Waals surface area contributed by atoms with Gasteiger partial charge in [-0.3, -0.25) is 9.59 Å². The van der Waals surface area contributed by atoms with Gasteiger partial charge in [-0.2, -0.15) is 0 Å². The van der Waals surface area contributed by atoms with Crippen LogP contribution in [0.4, 0.5) is 0 Å². The Labute approximate surface area is 150 Å². The van der Waals surface area contributed by atoms with E-state index >= 15 is 0 Å². The molecular weight excluding hydrogens is 334 g/mol. The highest BCUT2D eigenvalue weighted by atomic mass is 35.5. The number of hydrogen-bond donors (Lipinski definition) is 1. The minimum atomic E-state index is -0.295. The number of nitrogens with two attached hydrogens (primary N) is 1. The van der Waals surface area contributed by atoms with Crippen molar-refractivity contribution in [3.63, 3.8) is 0 Å². The molecule has 2 rings (SSSR count). The van der Waals surface area contributed by atoms with E-state index in [2.05, 4.69) is 13.8 Å². The minimum Gasteiger partial charge on any atom is -0.343 e. The number of carbonyl (C=O) groups is 2. The average Bonchev–Trinajstić information content (AvgIpc) is 3.16. The maximum absolute atomic E-state index is 12.7. The summed E-state index contributed by atoms with van der Waals surface area (Å²) in [5.41, 5.74) is 5.66. The third kappa shape index (κ3) is 5.00. The largest absolute Gasteiger partial charge is 0.343 e. The van der Waals surface area contributed by atoms with E-state index in [9.17, 15) is 9.59 Å². The van der Waals surface area contributed by atoms with Crippen LogP contribution in [-0.2, 0) is 9.59 Å². The molecule has 1 aliphatic heterocycles. The lowest BCUT2D eigenvalue weighted by molar-refractivity contribution is -0.145. The Balaban J connectivity index is 0.00000264. The second kappa shape index (κ2) is 8.58. The van der Waals surface area contributed by atoms with Gasteiger partial charge in [-0.15, -0.1) is 24.2 Å². The highest BCUT2D eigenvalue weighted by Gasteiger charge is 2.39. The van der Waals surface area contributed by atoms with Crippen molar-refractivity contribution >= 4 is 36.0 Å². The van der Waals surface area contributed by atoms with Crippen LogP contribution in [0.5, 0.6) is 0 Å². The van der Waals surface area contributed by atoms with Crippen LogP contribution in [0.15, 0.2) is 0 Å². The van der Waals surface area contributed by atoms with Crippen LogP contribution in [-0.4, -0.2) is 59.4 Å². The highest BCUT2D eigenvalue weighted by molar-refractivity contribution is 7.99. The minimum absolute atomic E-state index is 0. The Morgan fingerprint density at radius 2 is 1.91 bits per heavy atom. The Morgan fingerprint density at radius 1 is 1.30 bits per heavy atom. The number of likely N-dealkylation sites (N-methyl/N-ethyl adjacent to an activating group) is 1. The summed E-state index contributed by atoms with van der Waals surface area (Å²) in [4.78, 5) is 29.0. The zero-order chi connectivity index (χ0) is 16.3. The van der Waals surface area contributed by atoms with Gasteiger partial charge in [0, 0.05) is 25.3 Å². The molecule has 23 heavy (non-hydrogen) atoms. The Morgan fingerprint density at radius 3 is 2.48 bits per heavy atom. The van der Waals surface area contributed by atoms with Crippen LogP contribution in [0.2, 0.25) is 0 Å². The van der Waals surface area contributed by atoms with Crippen LogP contribution < -0.4 is 5.73 Å². The molecule has 2 aliphatic rings. The first-order valence-electron chi connectivity index (χ1n) is 8.19. The van der Waals surface area contributed by atoms with E-state index in [-0.39, 0.29) is 41.6 Å². The van der Waals surface area contributed by atoms with Crippen molar-refractivity contribution < 1.29 is 9.59 Å². The predicted octanol–water partition coefficient (Wildman–Crippen LogP) is 1.94. The molecule has 1 unspecified atom stereocenters. The Hall–Kier alpha value is -0.460. The van der Waals surface area contributed by atoms with Gasteiger partial charge < -0.3 is 15.5 Å². The van der Waals surface area contributed by atoms with E-state index in [0.717, 1.165) is 25.7 Å². The van der Waals surface area contributed by atoms with E-state index in [0.29, 0.717) is 24.7 Å². The molecule has 2 fully saturated rings. The summed E-state index contributed by atoms with van der Waals surface area (Å²) < 4.78 is 0. The molecule has 1 saturated heterocycles. The molecule has 2 amide bonds. The topological polar surface area (TPSA) is 66.6 Å². The fourth-order valence-electron chi connectivity index (χ4n) is 3.31. The fraction of sp³-hybridized carbons (Fsp3) is 0.875. The highest BCUT2D eigenvalue weighted by Crippen LogP contribution is 2.31. The lowest BCUT2D eigenvalue weighted by Gasteiger charge is -2.33. The molecule has 1 atom stereocenters. The molecule has 5 nitrogen and oxygen atoms in total. The smallest absolute Gasteiger partial charge is 0.246 e. The second-order valence-corrected chi connectivity index (χ2v) is 8.37. The summed E-state index contributed by atoms with van der Waals surface area (Å²) in [5, 5.41) is 0. The summed E-state index contributed by atoms with van der Waals surface area (Å²) in [7, 11) is 1.82. The van der Waals surface area contributed by atoms with Gasteiger partial charge in [0.1, 0.15) is 6.04 Å². The normalized spacial score (nSPS) is 22.1. The molecule has 0 radical (unpaired) electrons. The number of rotatable bonds is 5. The van der Waals surface area contributed by atoms with E-state index in [4.69, 9.17) is 5.73 Å². The molecule has 0 aromatic rings. The standard InChI is InChI=1S/C16H29N3O2S.ClH/c1-16(2,9-17)10-18(3)15(21)13-8-22-11-19(13)14(20)12-6-4-5-7-12;/h12-13H,4-11,17H2,1-3H3;1H. The molecule has 7 heteroatoms. The van der Waals surface area contributed by atoms with Crippen molar-refractivity contribution in [3.8, 4) is 0 Å². The van der Waals surface area contributed by atoms with Crippen molar-refractivity contribution in [2.45, 2.75) is 45.6 Å². The number of amides is 2. The SMILES string of the molecule is CN(CC(C)(C)CN)C(=O)C1CSCN1C(=O)C1CCCC1.Cl. The molecule has 2 N–H and O–H groups in total. The van der Waals surface area contributed by atoms with Gasteiger partial charge in [-0.1, -0.05) is 26.7 Å². The van der Waals surface area contributed by atoms with Gasteiger partial charge >= 0.3 is 0 Å². The van der Waals surface area contributed by atoms with E-state index in [1.807, 2.05) is 11.9 Å². The van der Waals surface area contributed by atoms with Crippen LogP contribution in [0.1, 0.15) is 39.5 Å². The third-order valence-electron chi connectivity index (χ3n) is 4.75. The zero-order valence-electron chi connectivity index (χ0n) is 14.4. The van der Waals surface area contributed by atoms with Gasteiger partial charge in [0.25, 0.3) is 0 Å². The zero-order valence-corrected chi connectivity index (χ0v) is 16.0. The number of nitrogens with zero attached hydrogens (tertiary/aromatic N) is 2. The quantitative estimate of drug-likeness (QED) is 0.810. The average molecular weight is 364 g/mol. The molecule has 1 saturated carbocycles. The molecular formula is C16H30ClN3O2S. The lowest BCUT2D eigenvalue weighted by Crippen LogP contribution is -2.51. The number of hydrogen-bond acceptors (Lipinski definition) is 4. The number of halogens is 1. The summed E-state index contributed by atoms with van der Waals surface area (Å²) in [5.74, 6) is 1.75. The molecule has 0 aromatic carbocycles. The molecule has 0 bridgehead atoms. The maximum Gasteiger partial charge on any atom is 0.246 e. The van der Waals surface area contributed by atoms with Crippen LogP contribution >= 0.6 is 24.2 Å². The van der Waals surface area contributed by atoms with Crippen molar-refractivity contribution in [1.29, 1.82) is 0 Å².